The van der Waals surface area contributed by atoms with Gasteiger partial charge in [0.2, 0.25) is 10.0 Å². The van der Waals surface area contributed by atoms with Crippen LogP contribution in [0.2, 0.25) is 5.02 Å². The molecule has 0 aliphatic rings. The Labute approximate surface area is 162 Å². The summed E-state index contributed by atoms with van der Waals surface area (Å²) in [5, 5.41) is 9.08. The number of carboxylic acid groups (broad SMARTS) is 1. The van der Waals surface area contributed by atoms with Crippen molar-refractivity contribution >= 4 is 45.4 Å². The van der Waals surface area contributed by atoms with E-state index in [0.717, 1.165) is 23.0 Å². The van der Waals surface area contributed by atoms with Gasteiger partial charge >= 0.3 is 5.97 Å². The van der Waals surface area contributed by atoms with Crippen molar-refractivity contribution in [3.8, 4) is 0 Å². The number of aliphatic carboxylic acids is 1. The number of hydrogen-bond donors (Lipinski definition) is 2. The largest absolute Gasteiger partial charge is 0.478 e. The van der Waals surface area contributed by atoms with E-state index in [0.29, 0.717) is 17.3 Å². The number of thioether (sulfide) groups is 1. The molecule has 5 nitrogen and oxygen atoms in total. The van der Waals surface area contributed by atoms with Crippen molar-refractivity contribution < 1.29 is 18.3 Å². The molecular formula is C18H18ClNO4S2. The minimum Gasteiger partial charge on any atom is -0.478 e. The lowest BCUT2D eigenvalue weighted by Crippen LogP contribution is -2.26. The number of nitrogens with one attached hydrogen (secondary N) is 1. The van der Waals surface area contributed by atoms with Crippen LogP contribution in [0.25, 0.3) is 6.08 Å². The Morgan fingerprint density at radius 1 is 1.12 bits per heavy atom. The Bertz CT molecular complexity index is 863. The van der Waals surface area contributed by atoms with Gasteiger partial charge in [0.05, 0.1) is 4.90 Å². The van der Waals surface area contributed by atoms with Gasteiger partial charge in [-0.15, -0.1) is 0 Å². The van der Waals surface area contributed by atoms with Crippen LogP contribution in [0.1, 0.15) is 11.1 Å². The second kappa shape index (κ2) is 9.78. The maximum Gasteiger partial charge on any atom is 0.328 e. The molecule has 0 saturated carbocycles. The molecule has 8 heteroatoms. The summed E-state index contributed by atoms with van der Waals surface area (Å²) in [6.07, 6.45) is 2.63. The van der Waals surface area contributed by atoms with Crippen LogP contribution in [-0.2, 0) is 20.6 Å². The number of sulfonamides is 1. The van der Waals surface area contributed by atoms with E-state index in [1.165, 1.54) is 18.2 Å². The van der Waals surface area contributed by atoms with Crippen molar-refractivity contribution in [2.24, 2.45) is 0 Å². The lowest BCUT2D eigenvalue weighted by Gasteiger charge is -2.07. The zero-order valence-corrected chi connectivity index (χ0v) is 16.2. The first kappa shape index (κ1) is 20.5. The zero-order chi connectivity index (χ0) is 19.0. The van der Waals surface area contributed by atoms with Crippen LogP contribution in [0.15, 0.2) is 59.5 Å². The summed E-state index contributed by atoms with van der Waals surface area (Å²) >= 11 is 7.37. The summed E-state index contributed by atoms with van der Waals surface area (Å²) in [7, 11) is -3.52. The van der Waals surface area contributed by atoms with Gasteiger partial charge in [-0.05, 0) is 41.5 Å². The molecule has 0 amide bonds. The third kappa shape index (κ3) is 6.84. The van der Waals surface area contributed by atoms with E-state index >= 15 is 0 Å². The third-order valence-corrected chi connectivity index (χ3v) is 6.09. The van der Waals surface area contributed by atoms with Crippen LogP contribution in [0.4, 0.5) is 0 Å². The van der Waals surface area contributed by atoms with Gasteiger partial charge < -0.3 is 5.11 Å². The normalized spacial score (nSPS) is 11.7. The summed E-state index contributed by atoms with van der Waals surface area (Å²) in [6, 6.07) is 13.6. The zero-order valence-electron chi connectivity index (χ0n) is 13.8. The second-order valence-corrected chi connectivity index (χ2v) is 8.63. The highest BCUT2D eigenvalue weighted by atomic mass is 35.5. The summed E-state index contributed by atoms with van der Waals surface area (Å²) in [5.74, 6) is 0.393. The average molecular weight is 412 g/mol. The van der Waals surface area contributed by atoms with E-state index in [2.05, 4.69) is 4.72 Å². The number of halogens is 1. The fraction of sp³-hybridized carbons (Fsp3) is 0.167. The van der Waals surface area contributed by atoms with Crippen LogP contribution in [0.3, 0.4) is 0 Å². The van der Waals surface area contributed by atoms with E-state index < -0.39 is 16.0 Å². The number of hydrogen-bond acceptors (Lipinski definition) is 4. The molecule has 0 radical (unpaired) electrons. The van der Waals surface area contributed by atoms with Crippen molar-refractivity contribution in [2.75, 3.05) is 12.3 Å². The highest BCUT2D eigenvalue weighted by molar-refractivity contribution is 7.98. The fourth-order valence-corrected chi connectivity index (χ4v) is 4.13. The first-order chi connectivity index (χ1) is 12.4. The summed E-state index contributed by atoms with van der Waals surface area (Å²) in [5.41, 5.74) is 1.90. The smallest absolute Gasteiger partial charge is 0.328 e. The van der Waals surface area contributed by atoms with Crippen molar-refractivity contribution in [3.05, 3.63) is 70.8 Å². The fourth-order valence-electron chi connectivity index (χ4n) is 2.03. The Morgan fingerprint density at radius 3 is 2.38 bits per heavy atom. The lowest BCUT2D eigenvalue weighted by atomic mass is 10.1. The average Bonchev–Trinajstić information content (AvgIpc) is 2.61. The van der Waals surface area contributed by atoms with Crippen LogP contribution in [0.5, 0.6) is 0 Å². The number of rotatable bonds is 9. The first-order valence-corrected chi connectivity index (χ1v) is 10.7. The van der Waals surface area contributed by atoms with E-state index in [4.69, 9.17) is 16.7 Å². The molecular weight excluding hydrogens is 394 g/mol. The molecule has 0 fully saturated rings. The van der Waals surface area contributed by atoms with Crippen LogP contribution < -0.4 is 4.72 Å². The molecule has 2 N–H and O–H groups in total. The molecule has 0 spiro atoms. The van der Waals surface area contributed by atoms with Gasteiger partial charge in [0, 0.05) is 29.1 Å². The highest BCUT2D eigenvalue weighted by Crippen LogP contribution is 2.15. The van der Waals surface area contributed by atoms with Crippen LogP contribution >= 0.6 is 23.4 Å². The molecule has 2 rings (SSSR count). The Balaban J connectivity index is 1.75. The van der Waals surface area contributed by atoms with E-state index in [1.54, 1.807) is 23.9 Å². The Kier molecular flexibility index (Phi) is 7.71. The van der Waals surface area contributed by atoms with Gasteiger partial charge in [0.1, 0.15) is 0 Å². The van der Waals surface area contributed by atoms with Gasteiger partial charge in [-0.3, -0.25) is 0 Å². The Morgan fingerprint density at radius 2 is 1.77 bits per heavy atom. The minimum atomic E-state index is -3.52. The van der Waals surface area contributed by atoms with Gasteiger partial charge in [-0.25, -0.2) is 17.9 Å². The predicted molar refractivity (Wildman–Crippen MR) is 106 cm³/mol. The van der Waals surface area contributed by atoms with Gasteiger partial charge in [0.25, 0.3) is 0 Å². The van der Waals surface area contributed by atoms with Crippen molar-refractivity contribution in [3.63, 3.8) is 0 Å². The van der Waals surface area contributed by atoms with E-state index in [1.807, 2.05) is 24.3 Å². The molecule has 0 atom stereocenters. The molecule has 0 aromatic heterocycles. The van der Waals surface area contributed by atoms with Gasteiger partial charge in [0.15, 0.2) is 0 Å². The quantitative estimate of drug-likeness (QED) is 0.486. The highest BCUT2D eigenvalue weighted by Gasteiger charge is 2.12. The molecule has 0 saturated heterocycles. The first-order valence-electron chi connectivity index (χ1n) is 7.70. The maximum atomic E-state index is 12.1. The van der Waals surface area contributed by atoms with Crippen molar-refractivity contribution in [1.29, 1.82) is 0 Å². The van der Waals surface area contributed by atoms with E-state index in [9.17, 15) is 13.2 Å². The maximum absolute atomic E-state index is 12.1. The molecule has 0 unspecified atom stereocenters. The molecule has 0 heterocycles. The van der Waals surface area contributed by atoms with E-state index in [-0.39, 0.29) is 4.90 Å². The molecule has 0 aliphatic carbocycles. The summed E-state index contributed by atoms with van der Waals surface area (Å²) in [6.45, 7) is 0.328. The molecule has 138 valence electrons. The monoisotopic (exact) mass is 411 g/mol. The van der Waals surface area contributed by atoms with Gasteiger partial charge in [-0.1, -0.05) is 35.9 Å². The molecule has 0 aliphatic heterocycles. The molecule has 0 bridgehead atoms. The van der Waals surface area contributed by atoms with Crippen molar-refractivity contribution in [2.45, 2.75) is 10.6 Å². The standard InChI is InChI=1S/C18H18ClNO4S2/c19-16-6-8-17(9-7-16)26(23,24)20-11-12-25-13-15-3-1-14(2-4-15)5-10-18(21)22/h1-10,20H,11-13H2,(H,21,22). The molecule has 26 heavy (non-hydrogen) atoms. The lowest BCUT2D eigenvalue weighted by molar-refractivity contribution is -0.131. The SMILES string of the molecule is O=C(O)C=Cc1ccc(CSCCNS(=O)(=O)c2ccc(Cl)cc2)cc1. The van der Waals surface area contributed by atoms with Gasteiger partial charge in [-0.2, -0.15) is 11.8 Å². The number of carbonyl (C=O) groups is 1. The van der Waals surface area contributed by atoms with Crippen LogP contribution in [0, 0.1) is 0 Å². The Hall–Kier alpha value is -1.80. The third-order valence-electron chi connectivity index (χ3n) is 3.33. The topological polar surface area (TPSA) is 83.5 Å². The predicted octanol–water partition coefficient (Wildman–Crippen LogP) is 3.65. The number of carboxylic acids is 1. The summed E-state index contributed by atoms with van der Waals surface area (Å²) < 4.78 is 26.8. The van der Waals surface area contributed by atoms with Crippen molar-refractivity contribution in [1.82, 2.24) is 4.72 Å². The molecule has 2 aromatic carbocycles. The second-order valence-electron chi connectivity index (χ2n) is 5.32. The number of benzene rings is 2. The summed E-state index contributed by atoms with van der Waals surface area (Å²) in [4.78, 5) is 10.7. The van der Waals surface area contributed by atoms with Crippen LogP contribution in [-0.4, -0.2) is 31.8 Å². The molecule has 2 aromatic rings. The minimum absolute atomic E-state index is 0.192.